The van der Waals surface area contributed by atoms with Gasteiger partial charge in [-0.1, -0.05) is 32.0 Å². The van der Waals surface area contributed by atoms with Gasteiger partial charge in [0.15, 0.2) is 0 Å². The highest BCUT2D eigenvalue weighted by Gasteiger charge is 2.35. The predicted molar refractivity (Wildman–Crippen MR) is 163 cm³/mol. The van der Waals surface area contributed by atoms with Gasteiger partial charge in [0.25, 0.3) is 11.8 Å². The molecule has 4 rings (SSSR count). The average Bonchev–Trinajstić information content (AvgIpc) is 3.40. The van der Waals surface area contributed by atoms with Crippen molar-refractivity contribution in [3.63, 3.8) is 0 Å². The summed E-state index contributed by atoms with van der Waals surface area (Å²) in [7, 11) is 0. The molecular weight excluding hydrogens is 528 g/mol. The highest BCUT2D eigenvalue weighted by atomic mass is 16.5. The highest BCUT2D eigenvalue weighted by molar-refractivity contribution is 6.19. The van der Waals surface area contributed by atoms with Crippen molar-refractivity contribution in [2.45, 2.75) is 47.5 Å². The van der Waals surface area contributed by atoms with Crippen LogP contribution in [0, 0.1) is 24.2 Å². The maximum atomic E-state index is 13.7. The molecule has 2 aromatic carbocycles. The molecule has 218 valence electrons. The zero-order valence-electron chi connectivity index (χ0n) is 25.0. The van der Waals surface area contributed by atoms with Crippen molar-refractivity contribution in [2.75, 3.05) is 26.4 Å². The first-order valence-electron chi connectivity index (χ1n) is 14.4. The van der Waals surface area contributed by atoms with E-state index < -0.39 is 11.8 Å². The van der Waals surface area contributed by atoms with Crippen LogP contribution in [-0.4, -0.2) is 52.9 Å². The minimum atomic E-state index is -0.572. The van der Waals surface area contributed by atoms with Crippen molar-refractivity contribution in [1.29, 1.82) is 5.26 Å². The quantitative estimate of drug-likeness (QED) is 0.145. The second-order valence-corrected chi connectivity index (χ2v) is 10.7. The predicted octanol–water partition coefficient (Wildman–Crippen LogP) is 6.29. The van der Waals surface area contributed by atoms with E-state index in [4.69, 9.17) is 14.6 Å². The lowest BCUT2D eigenvalue weighted by atomic mass is 9.93. The van der Waals surface area contributed by atoms with Crippen LogP contribution in [0.25, 0.3) is 23.0 Å². The number of rotatable bonds is 12. The van der Waals surface area contributed by atoms with Crippen LogP contribution < -0.4 is 4.74 Å². The highest BCUT2D eigenvalue weighted by Crippen LogP contribution is 2.33. The Labute approximate surface area is 247 Å². The van der Waals surface area contributed by atoms with Crippen LogP contribution in [0.1, 0.15) is 51.7 Å². The fourth-order valence-electron chi connectivity index (χ4n) is 4.75. The van der Waals surface area contributed by atoms with Crippen molar-refractivity contribution >= 4 is 17.9 Å². The molecule has 1 aliphatic heterocycles. The third kappa shape index (κ3) is 6.87. The van der Waals surface area contributed by atoms with E-state index in [-0.39, 0.29) is 12.1 Å². The van der Waals surface area contributed by atoms with Gasteiger partial charge in [-0.25, -0.2) is 4.68 Å². The van der Waals surface area contributed by atoms with Crippen molar-refractivity contribution in [2.24, 2.45) is 5.92 Å². The Morgan fingerprint density at radius 3 is 2.48 bits per heavy atom. The van der Waals surface area contributed by atoms with Gasteiger partial charge in [-0.2, -0.15) is 10.4 Å². The van der Waals surface area contributed by atoms with Gasteiger partial charge < -0.3 is 9.47 Å². The summed E-state index contributed by atoms with van der Waals surface area (Å²) < 4.78 is 13.2. The summed E-state index contributed by atoms with van der Waals surface area (Å²) in [6.07, 6.45) is 5.05. The summed E-state index contributed by atoms with van der Waals surface area (Å²) in [4.78, 5) is 27.8. The van der Waals surface area contributed by atoms with E-state index in [1.54, 1.807) is 17.7 Å². The lowest BCUT2D eigenvalue weighted by Gasteiger charge is -2.27. The Morgan fingerprint density at radius 1 is 1.05 bits per heavy atom. The van der Waals surface area contributed by atoms with Gasteiger partial charge in [-0.3, -0.25) is 14.5 Å². The maximum absolute atomic E-state index is 13.7. The summed E-state index contributed by atoms with van der Waals surface area (Å²) >= 11 is 0. The van der Waals surface area contributed by atoms with Crippen LogP contribution in [0.4, 0.5) is 0 Å². The Hall–Kier alpha value is -4.48. The minimum absolute atomic E-state index is 0.0343. The molecule has 0 fully saturated rings. The molecule has 0 atom stereocenters. The van der Waals surface area contributed by atoms with Crippen LogP contribution in [-0.2, 0) is 14.3 Å². The van der Waals surface area contributed by atoms with Crippen LogP contribution in [0.15, 0.2) is 71.4 Å². The SMILES string of the molecule is CCOCCCN1C(=O)C(C#N)=C(C)/C(=C\c2cn(-c3ccccc3)nc2-c2ccc(OCCC(C)C)c(C)c2)C1=O. The Kier molecular flexibility index (Phi) is 10.1. The first kappa shape index (κ1) is 30.5. The van der Waals surface area contributed by atoms with Crippen molar-refractivity contribution in [3.05, 3.63) is 82.6 Å². The third-order valence-electron chi connectivity index (χ3n) is 7.16. The molecule has 0 radical (unpaired) electrons. The molecule has 1 aliphatic rings. The lowest BCUT2D eigenvalue weighted by molar-refractivity contribution is -0.140. The molecular formula is C34H38N4O4. The third-order valence-corrected chi connectivity index (χ3v) is 7.16. The number of aromatic nitrogens is 2. The summed E-state index contributed by atoms with van der Waals surface area (Å²) in [6.45, 7) is 11.7. The second kappa shape index (κ2) is 13.9. The number of carbonyl (C=O) groups excluding carboxylic acids is 2. The minimum Gasteiger partial charge on any atom is -0.493 e. The van der Waals surface area contributed by atoms with Gasteiger partial charge in [-0.15, -0.1) is 0 Å². The number of nitriles is 1. The van der Waals surface area contributed by atoms with Crippen LogP contribution in [0.2, 0.25) is 0 Å². The molecule has 8 heteroatoms. The number of aryl methyl sites for hydroxylation is 1. The van der Waals surface area contributed by atoms with E-state index in [1.165, 1.54) is 0 Å². The number of hydrogen-bond donors (Lipinski definition) is 0. The number of hydrogen-bond acceptors (Lipinski definition) is 6. The zero-order chi connectivity index (χ0) is 30.2. The molecule has 2 amide bonds. The first-order valence-corrected chi connectivity index (χ1v) is 14.4. The first-order chi connectivity index (χ1) is 20.2. The smallest absolute Gasteiger partial charge is 0.271 e. The molecule has 1 aromatic heterocycles. The van der Waals surface area contributed by atoms with Crippen molar-refractivity contribution < 1.29 is 19.1 Å². The van der Waals surface area contributed by atoms with Crippen molar-refractivity contribution in [1.82, 2.24) is 14.7 Å². The molecule has 0 unspecified atom stereocenters. The van der Waals surface area contributed by atoms with Crippen LogP contribution >= 0.6 is 0 Å². The van der Waals surface area contributed by atoms with Gasteiger partial charge in [0.05, 0.1) is 18.0 Å². The molecule has 0 bridgehead atoms. The largest absolute Gasteiger partial charge is 0.493 e. The fourth-order valence-corrected chi connectivity index (χ4v) is 4.75. The van der Waals surface area contributed by atoms with E-state index in [0.29, 0.717) is 54.6 Å². The standard InChI is InChI=1S/C34H38N4O4/c1-6-41-17-10-16-37-33(39)29(25(5)30(21-35)34(37)40)20-27-22-38(28-11-8-7-9-12-28)36-32(27)26-13-14-31(24(4)19-26)42-18-15-23(2)3/h7-9,11-14,19-20,22-23H,6,10,15-18H2,1-5H3/b29-20+. The summed E-state index contributed by atoms with van der Waals surface area (Å²) in [5, 5.41) is 14.7. The van der Waals surface area contributed by atoms with E-state index in [2.05, 4.69) is 13.8 Å². The van der Waals surface area contributed by atoms with Crippen LogP contribution in [0.5, 0.6) is 5.75 Å². The van der Waals surface area contributed by atoms with Crippen molar-refractivity contribution in [3.8, 4) is 28.8 Å². The fraction of sp³-hybridized carbons (Fsp3) is 0.353. The summed E-state index contributed by atoms with van der Waals surface area (Å²) in [5.41, 5.74) is 4.68. The molecule has 0 saturated heterocycles. The van der Waals surface area contributed by atoms with E-state index in [1.807, 2.05) is 74.6 Å². The maximum Gasteiger partial charge on any atom is 0.271 e. The van der Waals surface area contributed by atoms with E-state index in [0.717, 1.165) is 33.9 Å². The zero-order valence-corrected chi connectivity index (χ0v) is 25.0. The molecule has 0 N–H and O–H groups in total. The number of imide groups is 1. The molecule has 42 heavy (non-hydrogen) atoms. The Balaban J connectivity index is 1.78. The Bertz CT molecular complexity index is 1540. The van der Waals surface area contributed by atoms with Gasteiger partial charge >= 0.3 is 0 Å². The molecule has 0 spiro atoms. The number of ether oxygens (including phenoxy) is 2. The Morgan fingerprint density at radius 2 is 1.81 bits per heavy atom. The number of benzene rings is 2. The van der Waals surface area contributed by atoms with Gasteiger partial charge in [0.2, 0.25) is 0 Å². The van der Waals surface area contributed by atoms with Gasteiger partial charge in [-0.05, 0) is 87.1 Å². The molecule has 0 saturated carbocycles. The van der Waals surface area contributed by atoms with E-state index in [9.17, 15) is 14.9 Å². The number of nitrogens with zero attached hydrogens (tertiary/aromatic N) is 4. The second-order valence-electron chi connectivity index (χ2n) is 10.7. The molecule has 0 aliphatic carbocycles. The molecule has 2 heterocycles. The summed E-state index contributed by atoms with van der Waals surface area (Å²) in [5.74, 6) is 0.372. The van der Waals surface area contributed by atoms with Gasteiger partial charge in [0.1, 0.15) is 17.4 Å². The molecule has 8 nitrogen and oxygen atoms in total. The monoisotopic (exact) mass is 566 g/mol. The lowest BCUT2D eigenvalue weighted by Crippen LogP contribution is -2.43. The average molecular weight is 567 g/mol. The number of para-hydroxylation sites is 1. The number of carbonyl (C=O) groups is 2. The topological polar surface area (TPSA) is 97.5 Å². The van der Waals surface area contributed by atoms with E-state index >= 15 is 0 Å². The summed E-state index contributed by atoms with van der Waals surface area (Å²) in [6, 6.07) is 17.7. The number of amides is 2. The van der Waals surface area contributed by atoms with Gasteiger partial charge in [0, 0.05) is 42.7 Å². The van der Waals surface area contributed by atoms with Crippen LogP contribution in [0.3, 0.4) is 0 Å². The normalized spacial score (nSPS) is 14.7. The molecule has 3 aromatic rings.